The lowest BCUT2D eigenvalue weighted by molar-refractivity contribution is -0.138. The molecule has 11 heteroatoms. The van der Waals surface area contributed by atoms with Gasteiger partial charge in [-0.1, -0.05) is 19.4 Å². The van der Waals surface area contributed by atoms with Gasteiger partial charge in [-0.2, -0.15) is 11.8 Å². The zero-order valence-electron chi connectivity index (χ0n) is 23.4. The standard InChI is InChI=1S/C28H39N3O7S/c1-14(2)9-20(25(36)29-11-22(33)34)31-26(37)21(30-17(5)32)13-39-12-19-15(3)10-18-23(19)16(4)28(7-8-28)27(6,38)24(18)35/h10,14,20-21,38H,7-9,11-13H2,1-6H3,(H,29,36)(H,30,32)(H,31,37)(H,33,34)/t20-,21+,27-/m0/s1. The predicted octanol–water partition coefficient (Wildman–Crippen LogP) is 1.64. The van der Waals surface area contributed by atoms with Gasteiger partial charge in [-0.25, -0.2) is 0 Å². The van der Waals surface area contributed by atoms with Gasteiger partial charge in [0.1, 0.15) is 24.2 Å². The Morgan fingerprint density at radius 3 is 2.26 bits per heavy atom. The van der Waals surface area contributed by atoms with Crippen molar-refractivity contribution in [3.05, 3.63) is 33.9 Å². The molecule has 39 heavy (non-hydrogen) atoms. The van der Waals surface area contributed by atoms with Crippen LogP contribution in [0.15, 0.2) is 33.9 Å². The van der Waals surface area contributed by atoms with E-state index in [2.05, 4.69) is 16.0 Å². The van der Waals surface area contributed by atoms with E-state index in [9.17, 15) is 29.1 Å². The Morgan fingerprint density at radius 1 is 1.08 bits per heavy atom. The Morgan fingerprint density at radius 2 is 1.72 bits per heavy atom. The van der Waals surface area contributed by atoms with Crippen LogP contribution in [0.2, 0.25) is 0 Å². The van der Waals surface area contributed by atoms with E-state index in [0.29, 0.717) is 17.7 Å². The van der Waals surface area contributed by atoms with Crippen LogP contribution in [0.25, 0.3) is 0 Å². The van der Waals surface area contributed by atoms with Crippen molar-refractivity contribution in [3.8, 4) is 0 Å². The summed E-state index contributed by atoms with van der Waals surface area (Å²) >= 11 is 1.42. The summed E-state index contributed by atoms with van der Waals surface area (Å²) in [7, 11) is 0. The molecule has 0 bridgehead atoms. The summed E-state index contributed by atoms with van der Waals surface area (Å²) in [5, 5.41) is 27.5. The van der Waals surface area contributed by atoms with Crippen molar-refractivity contribution < 1.29 is 34.2 Å². The molecule has 10 nitrogen and oxygen atoms in total. The molecule has 5 N–H and O–H groups in total. The number of hydrogen-bond acceptors (Lipinski definition) is 7. The number of hydrogen-bond donors (Lipinski definition) is 5. The van der Waals surface area contributed by atoms with Crippen LogP contribution < -0.4 is 16.0 Å². The fourth-order valence-corrected chi connectivity index (χ4v) is 6.73. The van der Waals surface area contributed by atoms with Crippen LogP contribution in [-0.4, -0.2) is 75.4 Å². The van der Waals surface area contributed by atoms with Gasteiger partial charge in [-0.15, -0.1) is 0 Å². The average molecular weight is 562 g/mol. The van der Waals surface area contributed by atoms with Crippen LogP contribution in [-0.2, 0) is 24.0 Å². The number of aliphatic hydroxyl groups is 1. The van der Waals surface area contributed by atoms with Crippen molar-refractivity contribution in [2.24, 2.45) is 11.3 Å². The second-order valence-corrected chi connectivity index (χ2v) is 12.3. The third-order valence-corrected chi connectivity index (χ3v) is 8.91. The van der Waals surface area contributed by atoms with Gasteiger partial charge in [0.2, 0.25) is 17.7 Å². The van der Waals surface area contributed by atoms with Gasteiger partial charge in [0, 0.05) is 29.4 Å². The summed E-state index contributed by atoms with van der Waals surface area (Å²) in [4.78, 5) is 61.6. The molecule has 0 aliphatic heterocycles. The average Bonchev–Trinajstić information content (AvgIpc) is 3.59. The number of carbonyl (C=O) groups is 5. The summed E-state index contributed by atoms with van der Waals surface area (Å²) in [6.07, 6.45) is 3.64. The van der Waals surface area contributed by atoms with Gasteiger partial charge in [-0.3, -0.25) is 24.0 Å². The zero-order valence-corrected chi connectivity index (χ0v) is 24.2. The van der Waals surface area contributed by atoms with Crippen molar-refractivity contribution in [2.75, 3.05) is 18.1 Å². The van der Waals surface area contributed by atoms with Gasteiger partial charge in [0.05, 0.1) is 0 Å². The third-order valence-electron chi connectivity index (χ3n) is 7.85. The summed E-state index contributed by atoms with van der Waals surface area (Å²) in [6.45, 7) is 10.0. The van der Waals surface area contributed by atoms with Crippen molar-refractivity contribution in [3.63, 3.8) is 0 Å². The molecule has 0 aromatic rings. The SMILES string of the molecule is CC(=O)N[C@H](CSCC1=C(C)C=C2C(=O)[C@](C)(O)C3(CC3)C(C)=C21)C(=O)N[C@@H](CC(C)C)C(=O)NCC(=O)O. The van der Waals surface area contributed by atoms with Crippen LogP contribution in [0.1, 0.15) is 60.8 Å². The fourth-order valence-electron chi connectivity index (χ4n) is 5.57. The molecule has 0 radical (unpaired) electrons. The Kier molecular flexibility index (Phi) is 9.16. The van der Waals surface area contributed by atoms with Gasteiger partial charge in [-0.05, 0) is 68.7 Å². The Balaban J connectivity index is 1.71. The molecule has 1 saturated carbocycles. The summed E-state index contributed by atoms with van der Waals surface area (Å²) in [5.41, 5.74) is 2.41. The molecule has 3 aliphatic rings. The maximum atomic E-state index is 13.2. The lowest BCUT2D eigenvalue weighted by Gasteiger charge is -2.39. The molecular formula is C28H39N3O7S. The van der Waals surface area contributed by atoms with Gasteiger partial charge in [0.15, 0.2) is 5.78 Å². The molecule has 3 rings (SSSR count). The maximum absolute atomic E-state index is 13.2. The van der Waals surface area contributed by atoms with Crippen LogP contribution in [0.5, 0.6) is 0 Å². The number of thioether (sulfide) groups is 1. The third kappa shape index (κ3) is 6.30. The summed E-state index contributed by atoms with van der Waals surface area (Å²) in [6, 6.07) is -1.88. The zero-order chi connectivity index (χ0) is 29.3. The normalized spacial score (nSPS) is 22.9. The number of carboxylic acids is 1. The number of fused-ring (bicyclic) bond motifs is 1. The molecule has 0 saturated heterocycles. The molecule has 0 aromatic carbocycles. The number of carbonyl (C=O) groups excluding carboxylic acids is 4. The highest BCUT2D eigenvalue weighted by Crippen LogP contribution is 2.65. The maximum Gasteiger partial charge on any atom is 0.322 e. The van der Waals surface area contributed by atoms with Crippen LogP contribution >= 0.6 is 11.8 Å². The van der Waals surface area contributed by atoms with E-state index in [0.717, 1.165) is 35.1 Å². The van der Waals surface area contributed by atoms with Gasteiger partial charge < -0.3 is 26.2 Å². The first kappa shape index (κ1) is 30.6. The fraction of sp³-hybridized carbons (Fsp3) is 0.607. The lowest BCUT2D eigenvalue weighted by atomic mass is 9.67. The number of amides is 3. The number of nitrogens with one attached hydrogen (secondary N) is 3. The number of carboxylic acid groups (broad SMARTS) is 1. The number of rotatable bonds is 12. The molecule has 0 unspecified atom stereocenters. The van der Waals surface area contributed by atoms with Gasteiger partial charge in [0.25, 0.3) is 0 Å². The number of Topliss-reactive ketones (excluding diaryl/α,β-unsaturated/α-hetero) is 1. The van der Waals surface area contributed by atoms with Gasteiger partial charge >= 0.3 is 5.97 Å². The molecule has 3 aliphatic carbocycles. The largest absolute Gasteiger partial charge is 0.480 e. The highest BCUT2D eigenvalue weighted by molar-refractivity contribution is 7.99. The number of aliphatic carboxylic acids is 1. The Labute approximate surface area is 233 Å². The molecule has 3 atom stereocenters. The van der Waals surface area contributed by atoms with E-state index < -0.39 is 53.3 Å². The van der Waals surface area contributed by atoms with Crippen molar-refractivity contribution in [2.45, 2.75) is 78.5 Å². The summed E-state index contributed by atoms with van der Waals surface area (Å²) < 4.78 is 0. The molecular weight excluding hydrogens is 522 g/mol. The minimum atomic E-state index is -1.42. The second kappa shape index (κ2) is 11.7. The monoisotopic (exact) mass is 561 g/mol. The van der Waals surface area contributed by atoms with Crippen LogP contribution in [0.4, 0.5) is 0 Å². The molecule has 0 aromatic heterocycles. The Bertz CT molecular complexity index is 1180. The Hall–Kier alpha value is -2.92. The lowest BCUT2D eigenvalue weighted by Crippen LogP contribution is -2.55. The van der Waals surface area contributed by atoms with Crippen molar-refractivity contribution in [1.82, 2.24) is 16.0 Å². The summed E-state index contributed by atoms with van der Waals surface area (Å²) in [5.74, 6) is -2.25. The molecule has 1 spiro atoms. The second-order valence-electron chi connectivity index (χ2n) is 11.3. The molecule has 1 fully saturated rings. The predicted molar refractivity (Wildman–Crippen MR) is 148 cm³/mol. The first-order chi connectivity index (χ1) is 18.1. The molecule has 214 valence electrons. The van der Waals surface area contributed by atoms with E-state index in [1.54, 1.807) is 6.92 Å². The number of ketones is 1. The van der Waals surface area contributed by atoms with Crippen LogP contribution in [0.3, 0.4) is 0 Å². The van der Waals surface area contributed by atoms with E-state index in [-0.39, 0.29) is 17.5 Å². The smallest absolute Gasteiger partial charge is 0.322 e. The molecule has 3 amide bonds. The van der Waals surface area contributed by atoms with E-state index in [1.165, 1.54) is 18.7 Å². The topological polar surface area (TPSA) is 162 Å². The first-order valence-electron chi connectivity index (χ1n) is 13.2. The van der Waals surface area contributed by atoms with E-state index in [4.69, 9.17) is 5.11 Å². The first-order valence-corrected chi connectivity index (χ1v) is 14.3. The van der Waals surface area contributed by atoms with E-state index >= 15 is 0 Å². The van der Waals surface area contributed by atoms with E-state index in [1.807, 2.05) is 33.8 Å². The number of allylic oxidation sites excluding steroid dienone is 3. The highest BCUT2D eigenvalue weighted by atomic mass is 32.2. The highest BCUT2D eigenvalue weighted by Gasteiger charge is 2.65. The molecule has 0 heterocycles. The van der Waals surface area contributed by atoms with Crippen LogP contribution in [0, 0.1) is 11.3 Å². The van der Waals surface area contributed by atoms with Crippen molar-refractivity contribution in [1.29, 1.82) is 0 Å². The minimum absolute atomic E-state index is 0.0451. The minimum Gasteiger partial charge on any atom is -0.480 e. The quantitative estimate of drug-likeness (QED) is 0.240. The van der Waals surface area contributed by atoms with Crippen molar-refractivity contribution >= 4 is 41.2 Å².